The van der Waals surface area contributed by atoms with Crippen molar-refractivity contribution in [3.8, 4) is 0 Å². The second-order valence-electron chi connectivity index (χ2n) is 7.12. The largest absolute Gasteiger partial charge is 0.468 e. The number of amides is 1. The molecule has 7 heteroatoms. The minimum atomic E-state index is -1.09. The Kier molecular flexibility index (Phi) is 6.72. The number of methoxy groups -OCH3 is 2. The van der Waals surface area contributed by atoms with E-state index >= 15 is 0 Å². The number of esters is 2. The summed E-state index contributed by atoms with van der Waals surface area (Å²) in [6.45, 7) is 2.35. The SMILES string of the molecule is COC(=O)C(C(=O)OC)[C@H]1CCN(C(=O)OCc2ccccc2)c2c(C)cccc21. The third-order valence-corrected chi connectivity index (χ3v) is 5.34. The van der Waals surface area contributed by atoms with E-state index in [1.54, 1.807) is 4.90 Å². The predicted octanol–water partition coefficient (Wildman–Crippen LogP) is 3.59. The standard InChI is InChI=1S/C23H25NO6/c1-15-8-7-11-18-17(19(21(25)28-2)22(26)29-3)12-13-24(20(15)18)23(27)30-14-16-9-5-4-6-10-16/h4-11,17,19H,12-14H2,1-3H3/t17-/m0/s1. The third-order valence-electron chi connectivity index (χ3n) is 5.34. The molecular formula is C23H25NO6. The minimum Gasteiger partial charge on any atom is -0.468 e. The fraction of sp³-hybridized carbons (Fsp3) is 0.348. The summed E-state index contributed by atoms with van der Waals surface area (Å²) in [5.41, 5.74) is 3.12. The lowest BCUT2D eigenvalue weighted by Crippen LogP contribution is -2.42. The summed E-state index contributed by atoms with van der Waals surface area (Å²) in [4.78, 5) is 39.1. The number of para-hydroxylation sites is 1. The quantitative estimate of drug-likeness (QED) is 0.425. The van der Waals surface area contributed by atoms with Crippen molar-refractivity contribution in [1.29, 1.82) is 0 Å². The van der Waals surface area contributed by atoms with Crippen LogP contribution >= 0.6 is 0 Å². The van der Waals surface area contributed by atoms with E-state index in [0.29, 0.717) is 18.7 Å². The Bertz CT molecular complexity index is 911. The maximum Gasteiger partial charge on any atom is 0.414 e. The first-order valence-corrected chi connectivity index (χ1v) is 9.71. The molecule has 158 valence electrons. The van der Waals surface area contributed by atoms with Gasteiger partial charge < -0.3 is 14.2 Å². The molecule has 0 fully saturated rings. The van der Waals surface area contributed by atoms with Gasteiger partial charge in [0, 0.05) is 12.5 Å². The third kappa shape index (κ3) is 4.30. The molecule has 1 heterocycles. The van der Waals surface area contributed by atoms with Crippen molar-refractivity contribution in [2.24, 2.45) is 5.92 Å². The molecule has 0 aromatic heterocycles. The first-order chi connectivity index (χ1) is 14.5. The maximum absolute atomic E-state index is 12.9. The van der Waals surface area contributed by atoms with Crippen molar-refractivity contribution in [2.75, 3.05) is 25.7 Å². The lowest BCUT2D eigenvalue weighted by molar-refractivity contribution is -0.160. The highest BCUT2D eigenvalue weighted by atomic mass is 16.6. The van der Waals surface area contributed by atoms with Gasteiger partial charge in [-0.05, 0) is 30.0 Å². The molecule has 7 nitrogen and oxygen atoms in total. The zero-order chi connectivity index (χ0) is 21.7. The van der Waals surface area contributed by atoms with E-state index in [2.05, 4.69) is 0 Å². The van der Waals surface area contributed by atoms with Gasteiger partial charge in [0.1, 0.15) is 6.61 Å². The van der Waals surface area contributed by atoms with Gasteiger partial charge in [0.2, 0.25) is 0 Å². The molecule has 0 aliphatic carbocycles. The van der Waals surface area contributed by atoms with Crippen molar-refractivity contribution in [2.45, 2.75) is 25.9 Å². The number of anilines is 1. The van der Waals surface area contributed by atoms with E-state index < -0.39 is 29.9 Å². The van der Waals surface area contributed by atoms with Crippen LogP contribution in [0.15, 0.2) is 48.5 Å². The number of hydrogen-bond donors (Lipinski definition) is 0. The predicted molar refractivity (Wildman–Crippen MR) is 110 cm³/mol. The smallest absolute Gasteiger partial charge is 0.414 e. The zero-order valence-electron chi connectivity index (χ0n) is 17.3. The van der Waals surface area contributed by atoms with Gasteiger partial charge in [-0.2, -0.15) is 0 Å². The van der Waals surface area contributed by atoms with Crippen LogP contribution < -0.4 is 4.90 Å². The molecule has 1 aliphatic rings. The number of nitrogens with zero attached hydrogens (tertiary/aromatic N) is 1. The fourth-order valence-electron chi connectivity index (χ4n) is 3.89. The highest BCUT2D eigenvalue weighted by Gasteiger charge is 2.42. The summed E-state index contributed by atoms with van der Waals surface area (Å²) in [7, 11) is 2.48. The van der Waals surface area contributed by atoms with Crippen molar-refractivity contribution in [1.82, 2.24) is 0 Å². The topological polar surface area (TPSA) is 82.1 Å². The van der Waals surface area contributed by atoms with Crippen LogP contribution in [-0.4, -0.2) is 38.8 Å². The Balaban J connectivity index is 1.90. The second-order valence-corrected chi connectivity index (χ2v) is 7.12. The molecule has 0 radical (unpaired) electrons. The molecule has 1 atom stereocenters. The molecule has 30 heavy (non-hydrogen) atoms. The highest BCUT2D eigenvalue weighted by molar-refractivity contribution is 5.97. The van der Waals surface area contributed by atoms with Crippen LogP contribution in [0.2, 0.25) is 0 Å². The van der Waals surface area contributed by atoms with Gasteiger partial charge in [0.25, 0.3) is 0 Å². The maximum atomic E-state index is 12.9. The Hall–Kier alpha value is -3.35. The molecule has 0 spiro atoms. The van der Waals surface area contributed by atoms with E-state index in [0.717, 1.165) is 16.7 Å². The lowest BCUT2D eigenvalue weighted by Gasteiger charge is -2.36. The Morgan fingerprint density at radius 2 is 1.67 bits per heavy atom. The number of carbonyl (C=O) groups excluding carboxylic acids is 3. The minimum absolute atomic E-state index is 0.160. The van der Waals surface area contributed by atoms with E-state index in [4.69, 9.17) is 14.2 Å². The Morgan fingerprint density at radius 3 is 2.30 bits per heavy atom. The molecule has 1 aliphatic heterocycles. The van der Waals surface area contributed by atoms with Crippen LogP contribution in [0.25, 0.3) is 0 Å². The molecule has 1 amide bonds. The number of fused-ring (bicyclic) bond motifs is 1. The summed E-state index contributed by atoms with van der Waals surface area (Å²) in [5, 5.41) is 0. The monoisotopic (exact) mass is 411 g/mol. The zero-order valence-corrected chi connectivity index (χ0v) is 17.3. The number of benzene rings is 2. The number of carbonyl (C=O) groups is 3. The summed E-state index contributed by atoms with van der Waals surface area (Å²) < 4.78 is 15.2. The van der Waals surface area contributed by atoms with E-state index in [1.165, 1.54) is 14.2 Å². The van der Waals surface area contributed by atoms with Gasteiger partial charge >= 0.3 is 18.0 Å². The molecule has 2 aromatic rings. The average molecular weight is 411 g/mol. The number of ether oxygens (including phenoxy) is 3. The molecule has 0 saturated heterocycles. The van der Waals surface area contributed by atoms with Crippen molar-refractivity contribution < 1.29 is 28.6 Å². The second kappa shape index (κ2) is 9.43. The van der Waals surface area contributed by atoms with Crippen molar-refractivity contribution >= 4 is 23.7 Å². The molecule has 0 bridgehead atoms. The van der Waals surface area contributed by atoms with Gasteiger partial charge in [-0.3, -0.25) is 14.5 Å². The number of aryl methyl sites for hydroxylation is 1. The fourth-order valence-corrected chi connectivity index (χ4v) is 3.89. The molecule has 0 unspecified atom stereocenters. The highest BCUT2D eigenvalue weighted by Crippen LogP contribution is 2.42. The number of rotatable bonds is 5. The van der Waals surface area contributed by atoms with Crippen LogP contribution in [0.1, 0.15) is 29.0 Å². The Morgan fingerprint density at radius 1 is 1.00 bits per heavy atom. The van der Waals surface area contributed by atoms with E-state index in [-0.39, 0.29) is 6.61 Å². The summed E-state index contributed by atoms with van der Waals surface area (Å²) >= 11 is 0. The first kappa shape index (κ1) is 21.4. The van der Waals surface area contributed by atoms with Gasteiger partial charge in [-0.25, -0.2) is 4.79 Å². The van der Waals surface area contributed by atoms with Crippen LogP contribution in [0, 0.1) is 12.8 Å². The van der Waals surface area contributed by atoms with Gasteiger partial charge in [0.15, 0.2) is 5.92 Å². The van der Waals surface area contributed by atoms with Crippen molar-refractivity contribution in [3.63, 3.8) is 0 Å². The van der Waals surface area contributed by atoms with Gasteiger partial charge in [-0.15, -0.1) is 0 Å². The number of hydrogen-bond acceptors (Lipinski definition) is 6. The van der Waals surface area contributed by atoms with Crippen LogP contribution in [0.5, 0.6) is 0 Å². The van der Waals surface area contributed by atoms with Gasteiger partial charge in [0.05, 0.1) is 19.9 Å². The van der Waals surface area contributed by atoms with Crippen LogP contribution in [0.4, 0.5) is 10.5 Å². The van der Waals surface area contributed by atoms with E-state index in [1.807, 2.05) is 55.5 Å². The summed E-state index contributed by atoms with van der Waals surface area (Å²) in [5.74, 6) is -2.86. The van der Waals surface area contributed by atoms with Crippen molar-refractivity contribution in [3.05, 3.63) is 65.2 Å². The summed E-state index contributed by atoms with van der Waals surface area (Å²) in [6, 6.07) is 15.0. The van der Waals surface area contributed by atoms with E-state index in [9.17, 15) is 14.4 Å². The lowest BCUT2D eigenvalue weighted by atomic mass is 9.79. The van der Waals surface area contributed by atoms with Gasteiger partial charge in [-0.1, -0.05) is 48.5 Å². The normalized spacial score (nSPS) is 15.3. The Labute approximate surface area is 175 Å². The molecule has 0 saturated carbocycles. The summed E-state index contributed by atoms with van der Waals surface area (Å²) in [6.07, 6.45) is -0.0771. The molecule has 2 aromatic carbocycles. The average Bonchev–Trinajstić information content (AvgIpc) is 2.78. The molecule has 3 rings (SSSR count). The molecular weight excluding hydrogens is 386 g/mol. The molecule has 0 N–H and O–H groups in total. The van der Waals surface area contributed by atoms with Crippen LogP contribution in [-0.2, 0) is 30.4 Å². The first-order valence-electron chi connectivity index (χ1n) is 9.71. The van der Waals surface area contributed by atoms with Crippen LogP contribution in [0.3, 0.4) is 0 Å².